The summed E-state index contributed by atoms with van der Waals surface area (Å²) in [5.41, 5.74) is 2.92. The van der Waals surface area contributed by atoms with Crippen LogP contribution < -0.4 is 0 Å². The number of ether oxygens (including phenoxy) is 1. The molecule has 1 saturated heterocycles. The highest BCUT2D eigenvalue weighted by Crippen LogP contribution is 2.22. The monoisotopic (exact) mass is 377 g/mol. The number of halogens is 2. The Morgan fingerprint density at radius 3 is 2.44 bits per heavy atom. The number of morpholine rings is 1. The summed E-state index contributed by atoms with van der Waals surface area (Å²) < 4.78 is 5.36. The molecule has 1 heterocycles. The predicted octanol–water partition coefficient (Wildman–Crippen LogP) is 4.64. The molecule has 3 rings (SSSR count). The Labute approximate surface area is 158 Å². The number of rotatable bonds is 6. The van der Waals surface area contributed by atoms with Crippen molar-refractivity contribution in [1.82, 2.24) is 4.90 Å². The Kier molecular flexibility index (Phi) is 6.49. The zero-order valence-electron chi connectivity index (χ0n) is 14.0. The number of hydrogen-bond donors (Lipinski definition) is 0. The van der Waals surface area contributed by atoms with Gasteiger partial charge in [-0.1, -0.05) is 53.5 Å². The van der Waals surface area contributed by atoms with E-state index < -0.39 is 0 Å². The average molecular weight is 378 g/mol. The molecule has 0 unspecified atom stereocenters. The van der Waals surface area contributed by atoms with Crippen LogP contribution >= 0.6 is 23.2 Å². The summed E-state index contributed by atoms with van der Waals surface area (Å²) in [5, 5.41) is 1.22. The fourth-order valence-electron chi connectivity index (χ4n) is 2.93. The largest absolute Gasteiger partial charge is 0.379 e. The van der Waals surface area contributed by atoms with E-state index in [2.05, 4.69) is 4.90 Å². The number of ketones is 1. The van der Waals surface area contributed by atoms with E-state index in [4.69, 9.17) is 27.9 Å². The Bertz CT molecular complexity index is 725. The first-order valence-electron chi connectivity index (χ1n) is 8.48. The van der Waals surface area contributed by atoms with Gasteiger partial charge in [0.05, 0.1) is 13.2 Å². The van der Waals surface area contributed by atoms with Gasteiger partial charge in [0.1, 0.15) is 0 Å². The number of hydrogen-bond acceptors (Lipinski definition) is 3. The molecule has 0 aliphatic carbocycles. The molecular weight excluding hydrogens is 357 g/mol. The molecule has 2 aromatic rings. The first-order valence-corrected chi connectivity index (χ1v) is 9.23. The van der Waals surface area contributed by atoms with Crippen LogP contribution in [0.5, 0.6) is 0 Å². The second-order valence-corrected chi connectivity index (χ2v) is 7.09. The van der Waals surface area contributed by atoms with Gasteiger partial charge in [-0.2, -0.15) is 0 Å². The fraction of sp³-hybridized carbons (Fsp3) is 0.350. The van der Waals surface area contributed by atoms with E-state index in [1.54, 1.807) is 12.1 Å². The molecule has 2 aromatic carbocycles. The lowest BCUT2D eigenvalue weighted by Crippen LogP contribution is -2.35. The Morgan fingerprint density at radius 2 is 1.76 bits per heavy atom. The molecule has 1 aliphatic heterocycles. The third kappa shape index (κ3) is 5.29. The molecule has 0 aromatic heterocycles. The summed E-state index contributed by atoms with van der Waals surface area (Å²) in [6.07, 6.45) is 1.05. The number of aryl methyl sites for hydroxylation is 1. The van der Waals surface area contributed by atoms with Gasteiger partial charge in [-0.3, -0.25) is 9.69 Å². The van der Waals surface area contributed by atoms with Gasteiger partial charge >= 0.3 is 0 Å². The first-order chi connectivity index (χ1) is 12.1. The van der Waals surface area contributed by atoms with E-state index in [0.717, 1.165) is 44.0 Å². The summed E-state index contributed by atoms with van der Waals surface area (Å²) in [7, 11) is 0. The quantitative estimate of drug-likeness (QED) is 0.686. The lowest BCUT2D eigenvalue weighted by molar-refractivity contribution is 0.0342. The summed E-state index contributed by atoms with van der Waals surface area (Å²) >= 11 is 12.1. The van der Waals surface area contributed by atoms with E-state index in [9.17, 15) is 4.79 Å². The Hall–Kier alpha value is -1.39. The van der Waals surface area contributed by atoms with Crippen LogP contribution in [0.4, 0.5) is 0 Å². The first kappa shape index (κ1) is 18.4. The molecule has 0 amide bonds. The second kappa shape index (κ2) is 8.81. The van der Waals surface area contributed by atoms with Crippen molar-refractivity contribution in [2.24, 2.45) is 0 Å². The van der Waals surface area contributed by atoms with Gasteiger partial charge < -0.3 is 4.74 Å². The highest BCUT2D eigenvalue weighted by atomic mass is 35.5. The predicted molar refractivity (Wildman–Crippen MR) is 102 cm³/mol. The van der Waals surface area contributed by atoms with Crippen LogP contribution in [0, 0.1) is 0 Å². The van der Waals surface area contributed by atoms with Crippen molar-refractivity contribution >= 4 is 29.0 Å². The highest BCUT2D eigenvalue weighted by molar-refractivity contribution is 6.35. The molecule has 25 heavy (non-hydrogen) atoms. The Morgan fingerprint density at radius 1 is 1.04 bits per heavy atom. The van der Waals surface area contributed by atoms with Gasteiger partial charge in [0.15, 0.2) is 5.78 Å². The SMILES string of the molecule is O=C(CCc1ccc(Cl)cc1Cl)c1ccc(CN2CCOCC2)cc1. The molecule has 132 valence electrons. The molecular formula is C20H21Cl2NO2. The number of carbonyl (C=O) groups is 1. The fourth-order valence-corrected chi connectivity index (χ4v) is 3.43. The van der Waals surface area contributed by atoms with Crippen LogP contribution in [0.2, 0.25) is 10.0 Å². The zero-order chi connectivity index (χ0) is 17.6. The molecule has 3 nitrogen and oxygen atoms in total. The molecule has 1 aliphatic rings. The summed E-state index contributed by atoms with van der Waals surface area (Å²) in [6, 6.07) is 13.3. The van der Waals surface area contributed by atoms with Gasteiger partial charge in [-0.15, -0.1) is 0 Å². The van der Waals surface area contributed by atoms with E-state index in [1.165, 1.54) is 5.56 Å². The van der Waals surface area contributed by atoms with Crippen molar-refractivity contribution in [3.63, 3.8) is 0 Å². The molecule has 0 spiro atoms. The molecule has 1 fully saturated rings. The third-order valence-electron chi connectivity index (χ3n) is 4.42. The van der Waals surface area contributed by atoms with Crippen LogP contribution in [0.15, 0.2) is 42.5 Å². The molecule has 0 bridgehead atoms. The number of nitrogens with zero attached hydrogens (tertiary/aromatic N) is 1. The second-order valence-electron chi connectivity index (χ2n) is 6.24. The van der Waals surface area contributed by atoms with E-state index in [1.807, 2.05) is 30.3 Å². The van der Waals surface area contributed by atoms with Crippen LogP contribution in [0.3, 0.4) is 0 Å². The maximum Gasteiger partial charge on any atom is 0.163 e. The van der Waals surface area contributed by atoms with Crippen molar-refractivity contribution < 1.29 is 9.53 Å². The number of Topliss-reactive ketones (excluding diaryl/α,β-unsaturated/α-hetero) is 1. The van der Waals surface area contributed by atoms with Crippen molar-refractivity contribution in [3.05, 3.63) is 69.2 Å². The highest BCUT2D eigenvalue weighted by Gasteiger charge is 2.12. The van der Waals surface area contributed by atoms with Crippen LogP contribution in [-0.2, 0) is 17.7 Å². The van der Waals surface area contributed by atoms with Crippen molar-refractivity contribution in [1.29, 1.82) is 0 Å². The van der Waals surface area contributed by atoms with Gasteiger partial charge in [0, 0.05) is 41.7 Å². The molecule has 0 N–H and O–H groups in total. The standard InChI is InChI=1S/C20H21Cl2NO2/c21-18-7-5-16(19(22)13-18)6-8-20(24)17-3-1-15(2-4-17)14-23-9-11-25-12-10-23/h1-5,7,13H,6,8-12,14H2. The molecule has 0 saturated carbocycles. The Balaban J connectivity index is 1.55. The summed E-state index contributed by atoms with van der Waals surface area (Å²) in [5.74, 6) is 0.129. The maximum absolute atomic E-state index is 12.4. The van der Waals surface area contributed by atoms with Crippen LogP contribution in [-0.4, -0.2) is 37.0 Å². The van der Waals surface area contributed by atoms with Crippen molar-refractivity contribution in [3.8, 4) is 0 Å². The van der Waals surface area contributed by atoms with Gasteiger partial charge in [0.25, 0.3) is 0 Å². The van der Waals surface area contributed by atoms with Gasteiger partial charge in [-0.05, 0) is 29.7 Å². The topological polar surface area (TPSA) is 29.5 Å². The molecule has 5 heteroatoms. The zero-order valence-corrected chi connectivity index (χ0v) is 15.5. The minimum Gasteiger partial charge on any atom is -0.379 e. The third-order valence-corrected chi connectivity index (χ3v) is 5.01. The lowest BCUT2D eigenvalue weighted by atomic mass is 10.0. The smallest absolute Gasteiger partial charge is 0.163 e. The molecule has 0 radical (unpaired) electrons. The summed E-state index contributed by atoms with van der Waals surface area (Å²) in [6.45, 7) is 4.41. The van der Waals surface area contributed by atoms with E-state index in [-0.39, 0.29) is 5.78 Å². The van der Waals surface area contributed by atoms with Crippen molar-refractivity contribution in [2.45, 2.75) is 19.4 Å². The maximum atomic E-state index is 12.4. The van der Waals surface area contributed by atoms with Gasteiger partial charge in [0.2, 0.25) is 0 Å². The summed E-state index contributed by atoms with van der Waals surface area (Å²) in [4.78, 5) is 14.8. The van der Waals surface area contributed by atoms with Gasteiger partial charge in [-0.25, -0.2) is 0 Å². The average Bonchev–Trinajstić information content (AvgIpc) is 2.62. The number of benzene rings is 2. The van der Waals surface area contributed by atoms with E-state index >= 15 is 0 Å². The number of carbonyl (C=O) groups excluding carboxylic acids is 1. The van der Waals surface area contributed by atoms with E-state index in [0.29, 0.717) is 22.9 Å². The van der Waals surface area contributed by atoms with Crippen LogP contribution in [0.25, 0.3) is 0 Å². The van der Waals surface area contributed by atoms with Crippen LogP contribution in [0.1, 0.15) is 27.9 Å². The minimum atomic E-state index is 0.129. The lowest BCUT2D eigenvalue weighted by Gasteiger charge is -2.26. The minimum absolute atomic E-state index is 0.129. The normalized spacial score (nSPS) is 15.3. The molecule has 0 atom stereocenters. The van der Waals surface area contributed by atoms with Crippen molar-refractivity contribution in [2.75, 3.05) is 26.3 Å².